The number of hydrogen-bond acceptors (Lipinski definition) is 5. The molecule has 0 saturated carbocycles. The van der Waals surface area contributed by atoms with Gasteiger partial charge in [-0.25, -0.2) is 0 Å². The third kappa shape index (κ3) is 4.34. The molecule has 0 aliphatic heterocycles. The van der Waals surface area contributed by atoms with Crippen LogP contribution in [0.15, 0.2) is 48.5 Å². The zero-order valence-electron chi connectivity index (χ0n) is 13.5. The van der Waals surface area contributed by atoms with Crippen molar-refractivity contribution in [1.82, 2.24) is 0 Å². The van der Waals surface area contributed by atoms with E-state index < -0.39 is 26.7 Å². The van der Waals surface area contributed by atoms with Crippen LogP contribution in [-0.2, 0) is 22.1 Å². The Balaban J connectivity index is 2.57. The highest BCUT2D eigenvalue weighted by atomic mass is 31.2. The van der Waals surface area contributed by atoms with E-state index in [0.29, 0.717) is 5.56 Å². The summed E-state index contributed by atoms with van der Waals surface area (Å²) in [6, 6.07) is 10.8. The Hall–Kier alpha value is -1.70. The van der Waals surface area contributed by atoms with Crippen LogP contribution in [0, 0.1) is 0 Å². The lowest BCUT2D eigenvalue weighted by molar-refractivity contribution is 0.152. The first-order valence-corrected chi connectivity index (χ1v) is 10.6. The van der Waals surface area contributed by atoms with Gasteiger partial charge in [0.2, 0.25) is 0 Å². The van der Waals surface area contributed by atoms with Gasteiger partial charge in [-0.2, -0.15) is 0 Å². The second-order valence-electron chi connectivity index (χ2n) is 5.63. The molecule has 0 heterocycles. The molecule has 0 atom stereocenters. The minimum absolute atomic E-state index is 0.144. The van der Waals surface area contributed by atoms with Crippen LogP contribution in [0.25, 0.3) is 0 Å². The Kier molecular flexibility index (Phi) is 5.95. The maximum absolute atomic E-state index is 12.1. The van der Waals surface area contributed by atoms with Crippen LogP contribution >= 0.6 is 15.2 Å². The number of rotatable bonds is 7. The monoisotopic (exact) mass is 403 g/mol. The van der Waals surface area contributed by atoms with Crippen molar-refractivity contribution in [2.45, 2.75) is 18.0 Å². The Morgan fingerprint density at radius 2 is 1.46 bits per heavy atom. The van der Waals surface area contributed by atoms with Gasteiger partial charge in [0.25, 0.3) is 0 Å². The summed E-state index contributed by atoms with van der Waals surface area (Å²) in [6.07, 6.45) is -0.754. The van der Waals surface area contributed by atoms with Gasteiger partial charge in [0.1, 0.15) is 11.5 Å². The van der Waals surface area contributed by atoms with E-state index >= 15 is 0 Å². The molecule has 2 rings (SSSR count). The Morgan fingerprint density at radius 3 is 1.96 bits per heavy atom. The quantitative estimate of drug-likeness (QED) is 0.375. The van der Waals surface area contributed by atoms with Crippen molar-refractivity contribution in [3.63, 3.8) is 0 Å². The molecular formula is C15H19NO8P2. The molecule has 9 nitrogen and oxygen atoms in total. The van der Waals surface area contributed by atoms with Gasteiger partial charge in [-0.05, 0) is 35.4 Å². The van der Waals surface area contributed by atoms with Crippen LogP contribution in [0.1, 0.15) is 11.1 Å². The van der Waals surface area contributed by atoms with Gasteiger partial charge in [-0.15, -0.1) is 0 Å². The van der Waals surface area contributed by atoms with Crippen LogP contribution < -0.4 is 10.5 Å². The highest BCUT2D eigenvalue weighted by Gasteiger charge is 2.63. The van der Waals surface area contributed by atoms with E-state index in [4.69, 9.17) is 10.5 Å². The fourth-order valence-corrected chi connectivity index (χ4v) is 4.95. The van der Waals surface area contributed by atoms with E-state index in [9.17, 15) is 33.8 Å². The summed E-state index contributed by atoms with van der Waals surface area (Å²) in [5.41, 5.74) is 6.39. The second-order valence-corrected chi connectivity index (χ2v) is 9.60. The summed E-state index contributed by atoms with van der Waals surface area (Å²) < 4.78 is 29.5. The first kappa shape index (κ1) is 20.6. The highest BCUT2D eigenvalue weighted by Crippen LogP contribution is 2.70. The van der Waals surface area contributed by atoms with Crippen molar-refractivity contribution in [2.24, 2.45) is 5.73 Å². The van der Waals surface area contributed by atoms with E-state index in [2.05, 4.69) is 0 Å². The molecule has 0 spiro atoms. The average molecular weight is 403 g/mol. The molecule has 2 aromatic rings. The third-order valence-electron chi connectivity index (χ3n) is 3.69. The summed E-state index contributed by atoms with van der Waals surface area (Å²) in [6.45, 7) is 0.144. The van der Waals surface area contributed by atoms with Gasteiger partial charge >= 0.3 is 20.3 Å². The van der Waals surface area contributed by atoms with E-state index in [-0.39, 0.29) is 23.6 Å². The van der Waals surface area contributed by atoms with Gasteiger partial charge in [0, 0.05) is 13.0 Å². The number of aromatic hydroxyl groups is 1. The fourth-order valence-electron chi connectivity index (χ4n) is 2.37. The summed E-state index contributed by atoms with van der Waals surface area (Å²) in [7, 11) is -10.9. The fraction of sp³-hybridized carbons (Fsp3) is 0.200. The first-order chi connectivity index (χ1) is 12.0. The molecule has 0 amide bonds. The molecule has 142 valence electrons. The number of phenols is 1. The van der Waals surface area contributed by atoms with Crippen LogP contribution in [0.2, 0.25) is 0 Å². The summed E-state index contributed by atoms with van der Waals surface area (Å²) in [4.78, 5) is 39.1. The molecule has 0 aliphatic carbocycles. The van der Waals surface area contributed by atoms with Crippen molar-refractivity contribution in [2.75, 3.05) is 0 Å². The molecule has 0 radical (unpaired) electrons. The van der Waals surface area contributed by atoms with E-state index in [1.165, 1.54) is 12.1 Å². The molecule has 11 heteroatoms. The average Bonchev–Trinajstić information content (AvgIpc) is 2.54. The third-order valence-corrected chi connectivity index (χ3v) is 7.57. The van der Waals surface area contributed by atoms with Crippen molar-refractivity contribution in [3.8, 4) is 11.5 Å². The van der Waals surface area contributed by atoms with Crippen molar-refractivity contribution in [3.05, 3.63) is 59.7 Å². The molecule has 0 saturated heterocycles. The number of phenolic OH excluding ortho intramolecular Hbond substituents is 1. The number of benzene rings is 2. The van der Waals surface area contributed by atoms with Gasteiger partial charge in [0.15, 0.2) is 0 Å². The van der Waals surface area contributed by atoms with Crippen LogP contribution in [-0.4, -0.2) is 29.8 Å². The summed E-state index contributed by atoms with van der Waals surface area (Å²) >= 11 is 0. The number of ether oxygens (including phenoxy) is 1. The normalized spacial score (nSPS) is 12.8. The highest BCUT2D eigenvalue weighted by molar-refractivity contribution is 7.72. The summed E-state index contributed by atoms with van der Waals surface area (Å²) in [5.74, 6) is -0.365. The standard InChI is InChI=1S/C15H19NO8P2/c16-10-12-3-1-2-11(8-12)9-15(25(18,19)20,26(21,22)23)24-14-6-4-13(17)5-7-14/h1-8,17H,9-10,16H2,(H2,18,19,20)(H2,21,22,23). The van der Waals surface area contributed by atoms with E-state index in [1.807, 2.05) is 0 Å². The molecule has 0 aliphatic rings. The van der Waals surface area contributed by atoms with E-state index in [1.54, 1.807) is 12.1 Å². The summed E-state index contributed by atoms with van der Waals surface area (Å²) in [5, 5.41) is 6.17. The lowest BCUT2D eigenvalue weighted by Crippen LogP contribution is -2.38. The van der Waals surface area contributed by atoms with E-state index in [0.717, 1.165) is 24.3 Å². The lowest BCUT2D eigenvalue weighted by Gasteiger charge is -2.35. The Morgan fingerprint density at radius 1 is 0.923 bits per heavy atom. The SMILES string of the molecule is NCc1cccc(CC(Oc2ccc(O)cc2)(P(=O)(O)O)P(=O)(O)O)c1. The van der Waals surface area contributed by atoms with Crippen molar-refractivity contribution < 1.29 is 38.5 Å². The second kappa shape index (κ2) is 7.50. The molecular weight excluding hydrogens is 384 g/mol. The number of hydrogen-bond donors (Lipinski definition) is 6. The van der Waals surface area contributed by atoms with Gasteiger partial charge < -0.3 is 35.2 Å². The van der Waals surface area contributed by atoms with Crippen molar-refractivity contribution in [1.29, 1.82) is 0 Å². The maximum Gasteiger partial charge on any atom is 0.381 e. The molecule has 7 N–H and O–H groups in total. The zero-order valence-corrected chi connectivity index (χ0v) is 15.3. The van der Waals surface area contributed by atoms with Crippen LogP contribution in [0.3, 0.4) is 0 Å². The van der Waals surface area contributed by atoms with Gasteiger partial charge in [-0.3, -0.25) is 9.13 Å². The molecule has 0 bridgehead atoms. The molecule has 0 aromatic heterocycles. The predicted octanol–water partition coefficient (Wildman–Crippen LogP) is 1.48. The molecule has 26 heavy (non-hydrogen) atoms. The molecule has 2 aromatic carbocycles. The first-order valence-electron chi connectivity index (χ1n) is 7.36. The van der Waals surface area contributed by atoms with Crippen molar-refractivity contribution >= 4 is 15.2 Å². The van der Waals surface area contributed by atoms with Gasteiger partial charge in [-0.1, -0.05) is 24.3 Å². The lowest BCUT2D eigenvalue weighted by atomic mass is 10.1. The van der Waals surface area contributed by atoms with Crippen LogP contribution in [0.5, 0.6) is 11.5 Å². The largest absolute Gasteiger partial charge is 0.508 e. The molecule has 0 unspecified atom stereocenters. The topological polar surface area (TPSA) is 171 Å². The van der Waals surface area contributed by atoms with Crippen LogP contribution in [0.4, 0.5) is 0 Å². The van der Waals surface area contributed by atoms with Gasteiger partial charge in [0.05, 0.1) is 0 Å². The maximum atomic E-state index is 12.1. The predicted molar refractivity (Wildman–Crippen MR) is 93.6 cm³/mol. The zero-order chi connectivity index (χ0) is 19.6. The smallest absolute Gasteiger partial charge is 0.381 e. The minimum atomic E-state index is -5.47. The Bertz CT molecular complexity index is 836. The molecule has 0 fully saturated rings. The number of nitrogens with two attached hydrogens (primary N) is 1. The Labute approximate surface area is 149 Å². The minimum Gasteiger partial charge on any atom is -0.508 e.